The van der Waals surface area contributed by atoms with Crippen LogP contribution in [0.15, 0.2) is 54.6 Å². The highest BCUT2D eigenvalue weighted by molar-refractivity contribution is 6.34. The zero-order valence-electron chi connectivity index (χ0n) is 47.1. The molecule has 5 amide bonds. The first-order valence-corrected chi connectivity index (χ1v) is 28.2. The molecular formula is C56H73Cl2N11O15. The van der Waals surface area contributed by atoms with Gasteiger partial charge in [0.25, 0.3) is 5.91 Å². The van der Waals surface area contributed by atoms with Gasteiger partial charge in [-0.1, -0.05) is 35.3 Å². The number of anilines is 1. The average molecular weight is 1210 g/mol. The van der Waals surface area contributed by atoms with Gasteiger partial charge in [0, 0.05) is 117 Å². The lowest BCUT2D eigenvalue weighted by atomic mass is 9.95. The largest absolute Gasteiger partial charge is 0.496 e. The summed E-state index contributed by atoms with van der Waals surface area (Å²) in [7, 11) is 1.53. The van der Waals surface area contributed by atoms with E-state index in [2.05, 4.69) is 21.3 Å². The van der Waals surface area contributed by atoms with E-state index in [-0.39, 0.29) is 136 Å². The molecular weight excluding hydrogens is 1140 g/mol. The van der Waals surface area contributed by atoms with Crippen molar-refractivity contribution in [2.24, 2.45) is 0 Å². The molecule has 26 nitrogen and oxygen atoms in total. The second kappa shape index (κ2) is 30.1. The number of carboxylic acids is 3. The molecule has 2 saturated heterocycles. The molecule has 0 bridgehead atoms. The van der Waals surface area contributed by atoms with Crippen molar-refractivity contribution in [1.82, 2.24) is 50.2 Å². The summed E-state index contributed by atoms with van der Waals surface area (Å²) in [6.45, 7) is 6.04. The third kappa shape index (κ3) is 18.4. The number of carbonyl (C=O) groups is 7. The highest BCUT2D eigenvalue weighted by Crippen LogP contribution is 2.47. The minimum Gasteiger partial charge on any atom is -0.496 e. The Morgan fingerprint density at radius 2 is 1.29 bits per heavy atom. The molecule has 2 atom stereocenters. The van der Waals surface area contributed by atoms with E-state index in [9.17, 15) is 59.1 Å². The lowest BCUT2D eigenvalue weighted by molar-refractivity contribution is -0.140. The van der Waals surface area contributed by atoms with Crippen LogP contribution in [0.25, 0.3) is 28.1 Å². The molecule has 0 radical (unpaired) electrons. The molecule has 9 N–H and O–H groups in total. The predicted molar refractivity (Wildman–Crippen MR) is 309 cm³/mol. The normalized spacial score (nSPS) is 17.0. The number of rotatable bonds is 23. The van der Waals surface area contributed by atoms with Gasteiger partial charge >= 0.3 is 23.9 Å². The van der Waals surface area contributed by atoms with E-state index in [1.54, 1.807) is 71.6 Å². The number of urea groups is 1. The minimum atomic E-state index is -1.22. The number of morpholine rings is 1. The molecule has 0 aliphatic carbocycles. The topological polar surface area (TPSA) is 330 Å². The number of ether oxygens (including phenoxy) is 3. The third-order valence-corrected chi connectivity index (χ3v) is 14.8. The van der Waals surface area contributed by atoms with Crippen LogP contribution in [-0.2, 0) is 35.3 Å². The fraction of sp³-hybridized carbons (Fsp3) is 0.500. The maximum absolute atomic E-state index is 14.4. The van der Waals surface area contributed by atoms with Crippen molar-refractivity contribution in [3.63, 3.8) is 0 Å². The van der Waals surface area contributed by atoms with Gasteiger partial charge < -0.3 is 65.9 Å². The number of carboxylic acid groups (broad SMARTS) is 3. The number of carbonyl (C=O) groups excluding carboxylic acids is 4. The Bertz CT molecular complexity index is 2970. The van der Waals surface area contributed by atoms with E-state index in [1.165, 1.54) is 7.11 Å². The summed E-state index contributed by atoms with van der Waals surface area (Å²) < 4.78 is 19.5. The van der Waals surface area contributed by atoms with E-state index in [4.69, 9.17) is 42.5 Å². The Balaban J connectivity index is 0.882. The van der Waals surface area contributed by atoms with Gasteiger partial charge in [-0.15, -0.1) is 0 Å². The number of aliphatic hydroxyl groups excluding tert-OH is 2. The number of hydrogen-bond acceptors (Lipinski definition) is 17. The van der Waals surface area contributed by atoms with Crippen LogP contribution in [-0.4, -0.2) is 244 Å². The van der Waals surface area contributed by atoms with Crippen LogP contribution in [0.4, 0.5) is 10.5 Å². The number of aliphatic hydroxyl groups is 2. The summed E-state index contributed by atoms with van der Waals surface area (Å²) in [4.78, 5) is 96.5. The number of fused-ring (bicyclic) bond motifs is 3. The first-order valence-electron chi connectivity index (χ1n) is 27.5. The molecule has 2 fully saturated rings. The summed E-state index contributed by atoms with van der Waals surface area (Å²) in [5.41, 5.74) is 3.64. The van der Waals surface area contributed by atoms with Crippen LogP contribution >= 0.6 is 23.2 Å². The van der Waals surface area contributed by atoms with Crippen molar-refractivity contribution in [2.45, 2.75) is 57.5 Å². The molecule has 4 aromatic rings. The molecule has 3 aliphatic heterocycles. The number of aromatic nitrogens is 2. The van der Waals surface area contributed by atoms with Crippen molar-refractivity contribution in [3.05, 3.63) is 75.9 Å². The van der Waals surface area contributed by atoms with E-state index in [0.29, 0.717) is 80.6 Å². The molecule has 456 valence electrons. The Morgan fingerprint density at radius 3 is 1.87 bits per heavy atom. The minimum absolute atomic E-state index is 0.0249. The van der Waals surface area contributed by atoms with Crippen LogP contribution < -0.4 is 30.7 Å². The molecule has 0 unspecified atom stereocenters. The van der Waals surface area contributed by atoms with Crippen LogP contribution in [0.5, 0.6) is 11.5 Å². The third-order valence-electron chi connectivity index (χ3n) is 14.4. The summed E-state index contributed by atoms with van der Waals surface area (Å²) in [5, 5.41) is 66.2. The Labute approximate surface area is 495 Å². The van der Waals surface area contributed by atoms with Gasteiger partial charge in [-0.25, -0.2) is 9.48 Å². The maximum Gasteiger partial charge on any atom is 0.319 e. The average Bonchev–Trinajstić information content (AvgIpc) is 1.74. The monoisotopic (exact) mass is 1210 g/mol. The van der Waals surface area contributed by atoms with Crippen LogP contribution in [0.2, 0.25) is 10.0 Å². The van der Waals surface area contributed by atoms with Gasteiger partial charge in [-0.2, -0.15) is 5.10 Å². The highest BCUT2D eigenvalue weighted by atomic mass is 35.5. The number of nitrogens with zero attached hydrogens (tertiary/aromatic N) is 7. The lowest BCUT2D eigenvalue weighted by Crippen LogP contribution is -2.55. The van der Waals surface area contributed by atoms with Crippen molar-refractivity contribution in [1.29, 1.82) is 0 Å². The smallest absolute Gasteiger partial charge is 0.319 e. The Kier molecular flexibility index (Phi) is 23.1. The van der Waals surface area contributed by atoms with Crippen molar-refractivity contribution in [3.8, 4) is 39.6 Å². The zero-order valence-corrected chi connectivity index (χ0v) is 48.6. The molecule has 7 rings (SSSR count). The molecule has 84 heavy (non-hydrogen) atoms. The van der Waals surface area contributed by atoms with Crippen LogP contribution in [0.3, 0.4) is 0 Å². The van der Waals surface area contributed by atoms with Gasteiger partial charge in [0.15, 0.2) is 5.69 Å². The molecule has 1 aromatic heterocycles. The molecule has 0 spiro atoms. The number of halogens is 2. The van der Waals surface area contributed by atoms with Crippen LogP contribution in [0.1, 0.15) is 49.2 Å². The standard InChI is InChI=1S/C56H73Cl2N11O15/c1-56(2)34-83-20-19-68(56)54(80)52-44-33-84-46-28-45(82-3)42(27-43(46)53(44)69(63-52)39-23-36(57)22-37(58)24-39)35-5-4-6-38(21-35)62-55(81)61-10-9-60-47(72)26-41(71)25-40(70)7-8-59-48(73)29-64-11-13-65(30-49(74)75)15-17-67(32-51(78)79)18-16-66(14-12-64)31-50(76)77/h4-6,21-24,27-28,40-41,70-71H,7-20,25-26,29-34H2,1-3H3,(H,59,73)(H,60,72)(H,74,75)(H,76,77)(H,78,79)(H2,61,62,81)/t40-,41-/m1/s1. The quantitative estimate of drug-likeness (QED) is 0.0482. The number of hydrogen-bond donors (Lipinski definition) is 9. The molecule has 3 aromatic carbocycles. The number of aliphatic carboxylic acids is 3. The van der Waals surface area contributed by atoms with E-state index < -0.39 is 53.5 Å². The van der Waals surface area contributed by atoms with E-state index in [0.717, 1.165) is 0 Å². The maximum atomic E-state index is 14.4. The SMILES string of the molecule is COc1cc2c(cc1-c1cccc(NC(=O)NCCNC(=O)C[C@H](O)C[C@H](O)CCNC(=O)CN3CCN(CC(=O)O)CCN(CC(=O)O)CCN(CC(=O)O)CC3)c1)-c1c(c(C(=O)N3CCOCC3(C)C)nn1-c1cc(Cl)cc(Cl)c1)CO2. The van der Waals surface area contributed by atoms with Gasteiger partial charge in [0.05, 0.1) is 82.1 Å². The number of methoxy groups -OCH3 is 1. The number of nitrogens with one attached hydrogen (secondary N) is 4. The number of benzene rings is 3. The fourth-order valence-electron chi connectivity index (χ4n) is 10.2. The fourth-order valence-corrected chi connectivity index (χ4v) is 10.7. The second-order valence-corrected chi connectivity index (χ2v) is 22.2. The van der Waals surface area contributed by atoms with E-state index >= 15 is 0 Å². The predicted octanol–water partition coefficient (Wildman–Crippen LogP) is 2.39. The molecule has 4 heterocycles. The van der Waals surface area contributed by atoms with E-state index in [1.807, 2.05) is 26.0 Å². The summed E-state index contributed by atoms with van der Waals surface area (Å²) in [5.74, 6) is -3.46. The van der Waals surface area contributed by atoms with Gasteiger partial charge in [-0.3, -0.25) is 48.4 Å². The molecule has 0 saturated carbocycles. The number of amides is 5. The van der Waals surface area contributed by atoms with Gasteiger partial charge in [-0.05, 0) is 68.7 Å². The molecule has 28 heteroatoms. The van der Waals surface area contributed by atoms with Crippen molar-refractivity contribution < 1.29 is 73.3 Å². The summed E-state index contributed by atoms with van der Waals surface area (Å²) >= 11 is 13.0. The lowest BCUT2D eigenvalue weighted by Gasteiger charge is -2.41. The van der Waals surface area contributed by atoms with Gasteiger partial charge in [0.1, 0.15) is 18.1 Å². The van der Waals surface area contributed by atoms with Gasteiger partial charge in [0.2, 0.25) is 11.8 Å². The van der Waals surface area contributed by atoms with Crippen molar-refractivity contribution in [2.75, 3.05) is 130 Å². The van der Waals surface area contributed by atoms with Crippen LogP contribution in [0, 0.1) is 0 Å². The Morgan fingerprint density at radius 1 is 0.702 bits per heavy atom. The first kappa shape index (κ1) is 64.4. The summed E-state index contributed by atoms with van der Waals surface area (Å²) in [6.07, 6.45) is -2.74. The second-order valence-electron chi connectivity index (χ2n) is 21.4. The van der Waals surface area contributed by atoms with Crippen molar-refractivity contribution >= 4 is 70.5 Å². The summed E-state index contributed by atoms with van der Waals surface area (Å²) in [6, 6.07) is 15.2. The Hall–Kier alpha value is -7.14. The first-order chi connectivity index (χ1) is 40.0. The highest BCUT2D eigenvalue weighted by Gasteiger charge is 2.39. The molecule has 3 aliphatic rings. The zero-order chi connectivity index (χ0) is 60.7.